The van der Waals surface area contributed by atoms with E-state index in [4.69, 9.17) is 10.6 Å². The Hall–Kier alpha value is -1.46. The summed E-state index contributed by atoms with van der Waals surface area (Å²) in [7, 11) is 0. The third-order valence-electron chi connectivity index (χ3n) is 3.02. The first-order valence-corrected chi connectivity index (χ1v) is 6.55. The SMILES string of the molecule is NCC1CC(c2ccc(Br)c3cccnc23)=NO1. The highest BCUT2D eigenvalue weighted by molar-refractivity contribution is 9.10. The summed E-state index contributed by atoms with van der Waals surface area (Å²) in [6.07, 6.45) is 2.51. The number of nitrogens with zero attached hydrogens (tertiary/aromatic N) is 2. The normalized spacial score (nSPS) is 18.8. The Kier molecular flexibility index (Phi) is 3.01. The topological polar surface area (TPSA) is 60.5 Å². The number of pyridine rings is 1. The minimum atomic E-state index is -0.0117. The molecule has 0 saturated carbocycles. The Morgan fingerprint density at radius 2 is 2.28 bits per heavy atom. The van der Waals surface area contributed by atoms with Gasteiger partial charge in [0, 0.05) is 34.6 Å². The first kappa shape index (κ1) is 11.6. The van der Waals surface area contributed by atoms with Crippen LogP contribution in [0.25, 0.3) is 10.9 Å². The van der Waals surface area contributed by atoms with Crippen molar-refractivity contribution in [2.24, 2.45) is 10.9 Å². The summed E-state index contributed by atoms with van der Waals surface area (Å²) in [5.41, 5.74) is 8.46. The monoisotopic (exact) mass is 305 g/mol. The second-order valence-corrected chi connectivity index (χ2v) is 5.05. The molecule has 0 bridgehead atoms. The zero-order valence-electron chi connectivity index (χ0n) is 9.64. The predicted octanol–water partition coefficient (Wildman–Crippen LogP) is 2.45. The first-order valence-electron chi connectivity index (χ1n) is 5.76. The van der Waals surface area contributed by atoms with Gasteiger partial charge in [-0.15, -0.1) is 0 Å². The van der Waals surface area contributed by atoms with Crippen molar-refractivity contribution in [3.05, 3.63) is 40.5 Å². The zero-order valence-corrected chi connectivity index (χ0v) is 11.2. The maximum Gasteiger partial charge on any atom is 0.145 e. The molecule has 3 rings (SSSR count). The Bertz CT molecular complexity index is 627. The third-order valence-corrected chi connectivity index (χ3v) is 3.71. The van der Waals surface area contributed by atoms with E-state index in [1.165, 1.54) is 0 Å². The van der Waals surface area contributed by atoms with Crippen molar-refractivity contribution < 1.29 is 4.84 Å². The fraction of sp³-hybridized carbons (Fsp3) is 0.231. The van der Waals surface area contributed by atoms with Crippen LogP contribution in [0.2, 0.25) is 0 Å². The van der Waals surface area contributed by atoms with E-state index in [1.54, 1.807) is 6.20 Å². The summed E-state index contributed by atoms with van der Waals surface area (Å²) in [6.45, 7) is 0.481. The molecule has 0 aliphatic carbocycles. The lowest BCUT2D eigenvalue weighted by molar-refractivity contribution is 0.0918. The molecule has 2 aromatic rings. The van der Waals surface area contributed by atoms with Crippen LogP contribution in [-0.4, -0.2) is 23.3 Å². The summed E-state index contributed by atoms with van der Waals surface area (Å²) >= 11 is 3.53. The van der Waals surface area contributed by atoms with Crippen molar-refractivity contribution in [3.63, 3.8) is 0 Å². The van der Waals surface area contributed by atoms with Gasteiger partial charge in [-0.05, 0) is 18.2 Å². The van der Waals surface area contributed by atoms with E-state index in [0.717, 1.165) is 33.1 Å². The number of rotatable bonds is 2. The van der Waals surface area contributed by atoms with Crippen LogP contribution < -0.4 is 5.73 Å². The lowest BCUT2D eigenvalue weighted by Crippen LogP contribution is -2.20. The maximum absolute atomic E-state index is 5.59. The van der Waals surface area contributed by atoms with Crippen molar-refractivity contribution in [1.29, 1.82) is 0 Å². The second kappa shape index (κ2) is 4.66. The minimum Gasteiger partial charge on any atom is -0.390 e. The lowest BCUT2D eigenvalue weighted by atomic mass is 10.0. The van der Waals surface area contributed by atoms with Crippen molar-refractivity contribution in [1.82, 2.24) is 4.98 Å². The lowest BCUT2D eigenvalue weighted by Gasteiger charge is -2.06. The molecular weight excluding hydrogens is 294 g/mol. The summed E-state index contributed by atoms with van der Waals surface area (Å²) in [5.74, 6) is 0. The van der Waals surface area contributed by atoms with Gasteiger partial charge in [0.1, 0.15) is 6.10 Å². The van der Waals surface area contributed by atoms with Crippen LogP contribution in [0.4, 0.5) is 0 Å². The molecule has 0 saturated heterocycles. The number of benzene rings is 1. The molecular formula is C13H12BrN3O. The van der Waals surface area contributed by atoms with Crippen LogP contribution >= 0.6 is 15.9 Å². The van der Waals surface area contributed by atoms with Crippen molar-refractivity contribution in [3.8, 4) is 0 Å². The number of hydrogen-bond acceptors (Lipinski definition) is 4. The molecule has 1 aromatic heterocycles. The van der Waals surface area contributed by atoms with Gasteiger partial charge < -0.3 is 10.6 Å². The molecule has 5 heteroatoms. The zero-order chi connectivity index (χ0) is 12.5. The second-order valence-electron chi connectivity index (χ2n) is 4.20. The van der Waals surface area contributed by atoms with E-state index >= 15 is 0 Å². The largest absolute Gasteiger partial charge is 0.390 e. The van der Waals surface area contributed by atoms with Gasteiger partial charge in [0.25, 0.3) is 0 Å². The molecule has 92 valence electrons. The quantitative estimate of drug-likeness (QED) is 0.927. The molecule has 18 heavy (non-hydrogen) atoms. The number of halogens is 1. The fourth-order valence-electron chi connectivity index (χ4n) is 2.08. The molecule has 1 aliphatic heterocycles. The van der Waals surface area contributed by atoms with Crippen LogP contribution in [-0.2, 0) is 4.84 Å². The minimum absolute atomic E-state index is 0.0117. The maximum atomic E-state index is 5.59. The van der Waals surface area contributed by atoms with E-state index in [0.29, 0.717) is 6.54 Å². The molecule has 0 amide bonds. The van der Waals surface area contributed by atoms with Gasteiger partial charge >= 0.3 is 0 Å². The number of aromatic nitrogens is 1. The van der Waals surface area contributed by atoms with Crippen molar-refractivity contribution >= 4 is 32.5 Å². The Balaban J connectivity index is 2.11. The van der Waals surface area contributed by atoms with Crippen molar-refractivity contribution in [2.45, 2.75) is 12.5 Å². The average Bonchev–Trinajstić information content (AvgIpc) is 2.88. The van der Waals surface area contributed by atoms with E-state index in [9.17, 15) is 0 Å². The predicted molar refractivity (Wildman–Crippen MR) is 74.5 cm³/mol. The molecule has 1 aromatic carbocycles. The van der Waals surface area contributed by atoms with Crippen LogP contribution in [0, 0.1) is 0 Å². The molecule has 0 radical (unpaired) electrons. The first-order chi connectivity index (χ1) is 8.79. The summed E-state index contributed by atoms with van der Waals surface area (Å²) < 4.78 is 1.03. The van der Waals surface area contributed by atoms with Crippen LogP contribution in [0.3, 0.4) is 0 Å². The molecule has 4 nitrogen and oxygen atoms in total. The highest BCUT2D eigenvalue weighted by Crippen LogP contribution is 2.28. The number of oxime groups is 1. The van der Waals surface area contributed by atoms with Gasteiger partial charge in [-0.25, -0.2) is 0 Å². The molecule has 1 atom stereocenters. The highest BCUT2D eigenvalue weighted by Gasteiger charge is 2.22. The Morgan fingerprint density at radius 3 is 3.06 bits per heavy atom. The van der Waals surface area contributed by atoms with Gasteiger partial charge in [0.15, 0.2) is 0 Å². The number of fused-ring (bicyclic) bond motifs is 1. The standard InChI is InChI=1S/C13H12BrN3O/c14-11-4-3-10(12-6-8(7-15)18-17-12)13-9(11)2-1-5-16-13/h1-5,8H,6-7,15H2. The smallest absolute Gasteiger partial charge is 0.145 e. The van der Waals surface area contributed by atoms with E-state index in [1.807, 2.05) is 24.3 Å². The van der Waals surface area contributed by atoms with E-state index < -0.39 is 0 Å². The Morgan fingerprint density at radius 1 is 1.39 bits per heavy atom. The molecule has 2 heterocycles. The van der Waals surface area contributed by atoms with Gasteiger partial charge in [0.2, 0.25) is 0 Å². The Labute approximate surface area is 113 Å². The van der Waals surface area contributed by atoms with Gasteiger partial charge in [0.05, 0.1) is 11.2 Å². The molecule has 0 spiro atoms. The number of nitrogens with two attached hydrogens (primary N) is 1. The summed E-state index contributed by atoms with van der Waals surface area (Å²) in [6, 6.07) is 7.98. The van der Waals surface area contributed by atoms with Crippen LogP contribution in [0.15, 0.2) is 40.1 Å². The molecule has 0 fully saturated rings. The molecule has 1 unspecified atom stereocenters. The molecule has 1 aliphatic rings. The third kappa shape index (κ3) is 1.89. The molecule has 2 N–H and O–H groups in total. The highest BCUT2D eigenvalue weighted by atomic mass is 79.9. The fourth-order valence-corrected chi connectivity index (χ4v) is 2.54. The number of hydrogen-bond donors (Lipinski definition) is 1. The van der Waals surface area contributed by atoms with Crippen LogP contribution in [0.5, 0.6) is 0 Å². The van der Waals surface area contributed by atoms with Crippen LogP contribution in [0.1, 0.15) is 12.0 Å². The van der Waals surface area contributed by atoms with Gasteiger partial charge in [-0.1, -0.05) is 27.2 Å². The van der Waals surface area contributed by atoms with Gasteiger partial charge in [-0.2, -0.15) is 0 Å². The van der Waals surface area contributed by atoms with E-state index in [2.05, 4.69) is 26.1 Å². The average molecular weight is 306 g/mol. The summed E-state index contributed by atoms with van der Waals surface area (Å²) in [4.78, 5) is 9.71. The van der Waals surface area contributed by atoms with Gasteiger partial charge in [-0.3, -0.25) is 4.98 Å². The van der Waals surface area contributed by atoms with Crippen molar-refractivity contribution in [2.75, 3.05) is 6.54 Å². The van der Waals surface area contributed by atoms with E-state index in [-0.39, 0.29) is 6.10 Å². The summed E-state index contributed by atoms with van der Waals surface area (Å²) in [5, 5.41) is 5.20.